The van der Waals surface area contributed by atoms with Crippen LogP contribution < -0.4 is 19.4 Å². The van der Waals surface area contributed by atoms with Crippen LogP contribution in [0.1, 0.15) is 115 Å². The van der Waals surface area contributed by atoms with Crippen LogP contribution in [0.15, 0.2) is 18.5 Å². The average Bonchev–Trinajstić information content (AvgIpc) is 2.90. The topological polar surface area (TPSA) is 266 Å². The lowest BCUT2D eigenvalue weighted by molar-refractivity contribution is -0.137. The zero-order chi connectivity index (χ0) is 60.2. The van der Waals surface area contributed by atoms with Crippen LogP contribution in [0.5, 0.6) is 5.75 Å². The van der Waals surface area contributed by atoms with Gasteiger partial charge in [-0.3, -0.25) is 28.8 Å². The number of hydrogen-bond acceptors (Lipinski definition) is 21. The predicted molar refractivity (Wildman–Crippen MR) is 321 cm³/mol. The zero-order valence-electron chi connectivity index (χ0n) is 51.2. The maximum atomic E-state index is 12.5. The van der Waals surface area contributed by atoms with Crippen molar-refractivity contribution in [3.8, 4) is 5.75 Å². The van der Waals surface area contributed by atoms with Gasteiger partial charge in [-0.2, -0.15) is 30.2 Å². The van der Waals surface area contributed by atoms with E-state index in [4.69, 9.17) is 40.8 Å². The molecule has 13 rings (SSSR count). The summed E-state index contributed by atoms with van der Waals surface area (Å²) in [5, 5.41) is 28.2. The smallest absolute Gasteiger partial charge is 0.260 e. The maximum absolute atomic E-state index is 12.5. The lowest BCUT2D eigenvalue weighted by atomic mass is 10.1. The Labute approximate surface area is 504 Å². The van der Waals surface area contributed by atoms with Crippen LogP contribution in [0, 0.1) is 34.6 Å². The fraction of sp³-hybridized carbons (Fsp3) is 0.596. The molecule has 4 fully saturated rings. The number of ether oxygens (including phenoxy) is 3. The van der Waals surface area contributed by atoms with Gasteiger partial charge >= 0.3 is 0 Å². The number of methoxy groups -OCH3 is 1. The van der Waals surface area contributed by atoms with Gasteiger partial charge in [0.15, 0.2) is 46.8 Å². The van der Waals surface area contributed by atoms with Crippen molar-refractivity contribution < 1.29 is 19.0 Å². The first-order valence-electron chi connectivity index (χ1n) is 29.9. The number of aromatic nitrogens is 20. The maximum Gasteiger partial charge on any atom is 0.260 e. The number of nitrogens with zero attached hydrogens (tertiary/aromatic N) is 24. The van der Waals surface area contributed by atoms with E-state index < -0.39 is 0 Å². The second-order valence-corrected chi connectivity index (χ2v) is 23.1. The summed E-state index contributed by atoms with van der Waals surface area (Å²) in [5.74, 6) is 8.07. The second-order valence-electron chi connectivity index (χ2n) is 22.7. The van der Waals surface area contributed by atoms with Crippen molar-refractivity contribution in [2.24, 2.45) is 21.1 Å². The van der Waals surface area contributed by atoms with E-state index in [0.717, 1.165) is 145 Å². The van der Waals surface area contributed by atoms with Crippen LogP contribution in [-0.4, -0.2) is 194 Å². The number of aryl methyl sites for hydroxylation is 12. The molecule has 1 amide bonds. The van der Waals surface area contributed by atoms with Crippen molar-refractivity contribution in [1.82, 2.24) is 103 Å². The zero-order valence-corrected chi connectivity index (χ0v) is 51.9. The van der Waals surface area contributed by atoms with Crippen LogP contribution in [0.2, 0.25) is 5.02 Å². The molecule has 9 aromatic rings. The SMILES string of the molecule is COC[C@H]1CCCN1c1nc(CCc2nc3c(C)ncc(C)n3n2)n(C)n1.Cc1c(Cl)cc(OCC(=O)N2CCOCC2)c2nc(CCc3nc(N4CCCC4)nn3C)nn12.Cc1ncc(C)n2nc(CC(C)c3nc(N4CCCC4)nn3C)nc12. The molecule has 29 heteroatoms. The van der Waals surface area contributed by atoms with E-state index >= 15 is 0 Å². The standard InChI is InChI=1S/C22H29ClN8O3.C18H26N8O.C17H24N8/c1-15-16(23)13-17(34-14-20(32)29-9-11-33-12-10-29)21-24-18(26-31(15)21)5-6-19-25-22(27-28(19)2)30-7-3-4-8-30;1-12-10-19-13(2)17-20-15(22-26(12)17)7-8-16-21-18(23-24(16)3)25-9-5-6-14(25)11-27-4;1-11(15-20-17(22-23(15)4)24-7-5-6-8-24)9-14-19-16-13(3)18-10-12(2)25(16)21-14/h13H,3-12,14H2,1-2H3;10,14H,5-9,11H2,1-4H3;10-11H,5-9H2,1-4H3/t;14-;/m.1./s1. The first kappa shape index (κ1) is 59.7. The number of morpholine rings is 1. The van der Waals surface area contributed by atoms with E-state index in [-0.39, 0.29) is 18.4 Å². The molecule has 4 aliphatic heterocycles. The average molecular weight is 1200 g/mol. The van der Waals surface area contributed by atoms with Gasteiger partial charge in [-0.25, -0.2) is 28.5 Å². The van der Waals surface area contributed by atoms with Crippen LogP contribution in [0.4, 0.5) is 17.8 Å². The fourth-order valence-corrected chi connectivity index (χ4v) is 11.6. The Morgan fingerprint density at radius 1 is 0.628 bits per heavy atom. The quantitative estimate of drug-likeness (QED) is 0.121. The molecule has 28 nitrogen and oxygen atoms in total. The second kappa shape index (κ2) is 26.3. The van der Waals surface area contributed by atoms with E-state index in [1.54, 1.807) is 22.6 Å². The summed E-state index contributed by atoms with van der Waals surface area (Å²) >= 11 is 6.42. The van der Waals surface area contributed by atoms with E-state index in [1.807, 2.05) is 91.2 Å². The normalized spacial score (nSPS) is 16.7. The number of anilines is 3. The Bertz CT molecular complexity index is 3730. The number of pyridine rings is 1. The van der Waals surface area contributed by atoms with E-state index in [1.165, 1.54) is 25.7 Å². The number of carbonyl (C=O) groups excluding carboxylic acids is 1. The number of halogens is 1. The number of carbonyl (C=O) groups is 1. The molecule has 0 radical (unpaired) electrons. The Hall–Kier alpha value is -7.98. The third kappa shape index (κ3) is 13.2. The van der Waals surface area contributed by atoms with Crippen molar-refractivity contribution in [3.63, 3.8) is 0 Å². The predicted octanol–water partition coefficient (Wildman–Crippen LogP) is 4.53. The summed E-state index contributed by atoms with van der Waals surface area (Å²) in [6.45, 7) is 19.9. The van der Waals surface area contributed by atoms with Gasteiger partial charge in [0, 0.05) is 131 Å². The lowest BCUT2D eigenvalue weighted by Crippen LogP contribution is -2.43. The summed E-state index contributed by atoms with van der Waals surface area (Å²) in [4.78, 5) is 58.0. The van der Waals surface area contributed by atoms with E-state index in [0.29, 0.717) is 80.5 Å². The van der Waals surface area contributed by atoms with Gasteiger partial charge in [-0.15, -0.1) is 15.3 Å². The van der Waals surface area contributed by atoms with Crippen molar-refractivity contribution in [3.05, 3.63) is 86.9 Å². The summed E-state index contributed by atoms with van der Waals surface area (Å²) in [7, 11) is 7.57. The minimum Gasteiger partial charge on any atom is -0.480 e. The lowest BCUT2D eigenvalue weighted by Gasteiger charge is -2.26. The highest BCUT2D eigenvalue weighted by molar-refractivity contribution is 6.31. The molecular formula is C57H79ClN24O4. The van der Waals surface area contributed by atoms with Gasteiger partial charge < -0.3 is 33.8 Å². The van der Waals surface area contributed by atoms with Gasteiger partial charge in [0.25, 0.3) is 5.91 Å². The molecule has 13 heterocycles. The van der Waals surface area contributed by atoms with Crippen molar-refractivity contribution in [1.29, 1.82) is 0 Å². The van der Waals surface area contributed by atoms with Gasteiger partial charge in [0.2, 0.25) is 17.8 Å². The molecule has 2 atom stereocenters. The molecule has 0 bridgehead atoms. The Kier molecular flexibility index (Phi) is 18.3. The molecule has 0 aromatic carbocycles. The summed E-state index contributed by atoms with van der Waals surface area (Å²) in [5.41, 5.74) is 6.71. The molecule has 0 N–H and O–H groups in total. The molecule has 4 saturated heterocycles. The van der Waals surface area contributed by atoms with Crippen LogP contribution in [-0.2, 0) is 67.5 Å². The first-order chi connectivity index (χ1) is 41.6. The Balaban J connectivity index is 0.000000136. The highest BCUT2D eigenvalue weighted by Gasteiger charge is 2.29. The molecule has 458 valence electrons. The summed E-state index contributed by atoms with van der Waals surface area (Å²) in [6, 6.07) is 2.06. The van der Waals surface area contributed by atoms with Crippen molar-refractivity contribution in [2.75, 3.05) is 94.1 Å². The third-order valence-electron chi connectivity index (χ3n) is 16.3. The van der Waals surface area contributed by atoms with Crippen molar-refractivity contribution in [2.45, 2.75) is 124 Å². The van der Waals surface area contributed by atoms with Gasteiger partial charge in [-0.1, -0.05) is 18.5 Å². The Morgan fingerprint density at radius 2 is 1.16 bits per heavy atom. The fourth-order valence-electron chi connectivity index (χ4n) is 11.4. The highest BCUT2D eigenvalue weighted by atomic mass is 35.5. The molecule has 0 aliphatic carbocycles. The number of rotatable bonds is 17. The number of amides is 1. The monoisotopic (exact) mass is 1200 g/mol. The molecule has 4 aliphatic rings. The van der Waals surface area contributed by atoms with Crippen molar-refractivity contribution >= 4 is 52.3 Å². The molecule has 0 saturated carbocycles. The summed E-state index contributed by atoms with van der Waals surface area (Å²) < 4.78 is 27.5. The number of hydrogen-bond donors (Lipinski definition) is 0. The number of fused-ring (bicyclic) bond motifs is 3. The van der Waals surface area contributed by atoms with Crippen LogP contribution in [0.25, 0.3) is 16.9 Å². The molecular weight excluding hydrogens is 1120 g/mol. The molecule has 86 heavy (non-hydrogen) atoms. The van der Waals surface area contributed by atoms with E-state index in [9.17, 15) is 4.79 Å². The third-order valence-corrected chi connectivity index (χ3v) is 16.7. The largest absolute Gasteiger partial charge is 0.480 e. The van der Waals surface area contributed by atoms with Gasteiger partial charge in [-0.05, 0) is 73.1 Å². The minimum atomic E-state index is -0.0889. The summed E-state index contributed by atoms with van der Waals surface area (Å²) in [6.07, 6.45) is 14.2. The molecule has 0 spiro atoms. The molecule has 1 unspecified atom stereocenters. The highest BCUT2D eigenvalue weighted by Crippen LogP contribution is 2.29. The van der Waals surface area contributed by atoms with Gasteiger partial charge in [0.1, 0.15) is 17.5 Å². The Morgan fingerprint density at radius 3 is 1.77 bits per heavy atom. The minimum absolute atomic E-state index is 0.0878. The first-order valence-corrected chi connectivity index (χ1v) is 30.3. The van der Waals surface area contributed by atoms with Crippen LogP contribution >= 0.6 is 11.6 Å². The van der Waals surface area contributed by atoms with Crippen LogP contribution in [0.3, 0.4) is 0 Å². The van der Waals surface area contributed by atoms with Gasteiger partial charge in [0.05, 0.1) is 59.4 Å². The molecule has 9 aromatic heterocycles. The van der Waals surface area contributed by atoms with E-state index in [2.05, 4.69) is 77.1 Å².